The van der Waals surface area contributed by atoms with Crippen molar-refractivity contribution in [1.82, 2.24) is 4.57 Å². The lowest BCUT2D eigenvalue weighted by molar-refractivity contribution is 0.103. The maximum absolute atomic E-state index is 12.7. The van der Waals surface area contributed by atoms with Crippen LogP contribution in [0.3, 0.4) is 0 Å². The van der Waals surface area contributed by atoms with E-state index < -0.39 is 0 Å². The lowest BCUT2D eigenvalue weighted by atomic mass is 10.0. The van der Waals surface area contributed by atoms with E-state index >= 15 is 0 Å². The van der Waals surface area contributed by atoms with E-state index in [-0.39, 0.29) is 17.5 Å². The second-order valence-electron chi connectivity index (χ2n) is 5.06. The Morgan fingerprint density at radius 1 is 0.955 bits per heavy atom. The molecule has 1 aromatic heterocycles. The fourth-order valence-corrected chi connectivity index (χ4v) is 2.45. The number of hydrogen-bond donors (Lipinski definition) is 2. The summed E-state index contributed by atoms with van der Waals surface area (Å²) in [6.07, 6.45) is 0. The van der Waals surface area contributed by atoms with Crippen LogP contribution in [0, 0.1) is 6.92 Å². The number of aromatic nitrogens is 1. The van der Waals surface area contributed by atoms with Gasteiger partial charge in [0, 0.05) is 22.8 Å². The average Bonchev–Trinajstić information content (AvgIpc) is 2.80. The molecular weight excluding hydrogens is 278 g/mol. The number of hydrogen-bond acceptors (Lipinski definition) is 3. The molecule has 22 heavy (non-hydrogen) atoms. The molecule has 3 aromatic rings. The standard InChI is InChI=1S/C18H15NO3/c1-12-11-16(20)19(18(12)22)15-10-6-5-9-14(15)17(21)13-7-3-2-4-8-13/h2-11,20,22H,1H3. The third-order valence-electron chi connectivity index (χ3n) is 3.56. The number of aromatic hydroxyl groups is 2. The van der Waals surface area contributed by atoms with Gasteiger partial charge in [0.1, 0.15) is 0 Å². The molecule has 0 aliphatic rings. The van der Waals surface area contributed by atoms with Crippen molar-refractivity contribution in [3.63, 3.8) is 0 Å². The maximum Gasteiger partial charge on any atom is 0.201 e. The summed E-state index contributed by atoms with van der Waals surface area (Å²) < 4.78 is 1.27. The SMILES string of the molecule is Cc1cc(O)n(-c2ccccc2C(=O)c2ccccc2)c1O. The summed E-state index contributed by atoms with van der Waals surface area (Å²) in [7, 11) is 0. The summed E-state index contributed by atoms with van der Waals surface area (Å²) in [6, 6.07) is 17.2. The number of carbonyl (C=O) groups excluding carboxylic acids is 1. The molecule has 0 unspecified atom stereocenters. The Labute approximate surface area is 127 Å². The molecule has 2 aromatic carbocycles. The zero-order valence-electron chi connectivity index (χ0n) is 12.0. The van der Waals surface area contributed by atoms with Crippen LogP contribution in [-0.2, 0) is 0 Å². The lowest BCUT2D eigenvalue weighted by Crippen LogP contribution is -2.07. The Kier molecular flexibility index (Phi) is 3.43. The molecule has 2 N–H and O–H groups in total. The fourth-order valence-electron chi connectivity index (χ4n) is 2.45. The predicted octanol–water partition coefficient (Wildman–Crippen LogP) is 3.43. The molecule has 110 valence electrons. The van der Waals surface area contributed by atoms with E-state index in [1.54, 1.807) is 55.5 Å². The Balaban J connectivity index is 2.18. The Morgan fingerprint density at radius 3 is 2.23 bits per heavy atom. The first-order valence-electron chi connectivity index (χ1n) is 6.89. The number of carbonyl (C=O) groups is 1. The number of ketones is 1. The monoisotopic (exact) mass is 293 g/mol. The molecule has 0 saturated carbocycles. The van der Waals surface area contributed by atoms with Crippen molar-refractivity contribution >= 4 is 5.78 Å². The highest BCUT2D eigenvalue weighted by Crippen LogP contribution is 2.32. The van der Waals surface area contributed by atoms with Gasteiger partial charge in [-0.15, -0.1) is 0 Å². The topological polar surface area (TPSA) is 62.5 Å². The summed E-state index contributed by atoms with van der Waals surface area (Å²) in [6.45, 7) is 1.69. The minimum absolute atomic E-state index is 0.0780. The Bertz CT molecular complexity index is 835. The number of benzene rings is 2. The average molecular weight is 293 g/mol. The molecule has 0 fully saturated rings. The van der Waals surface area contributed by atoms with E-state index in [4.69, 9.17) is 0 Å². The van der Waals surface area contributed by atoms with Gasteiger partial charge < -0.3 is 10.2 Å². The van der Waals surface area contributed by atoms with E-state index in [0.717, 1.165) is 0 Å². The molecule has 4 nitrogen and oxygen atoms in total. The second kappa shape index (κ2) is 5.41. The van der Waals surface area contributed by atoms with Crippen molar-refractivity contribution in [2.75, 3.05) is 0 Å². The van der Waals surface area contributed by atoms with Crippen LogP contribution in [0.4, 0.5) is 0 Å². The molecule has 1 heterocycles. The summed E-state index contributed by atoms with van der Waals surface area (Å²) in [5.74, 6) is -0.351. The second-order valence-corrected chi connectivity index (χ2v) is 5.06. The van der Waals surface area contributed by atoms with Gasteiger partial charge in [0.15, 0.2) is 11.7 Å². The van der Waals surface area contributed by atoms with Crippen LogP contribution in [0.1, 0.15) is 21.5 Å². The summed E-state index contributed by atoms with van der Waals surface area (Å²) in [4.78, 5) is 12.7. The van der Waals surface area contributed by atoms with Gasteiger partial charge in [-0.2, -0.15) is 0 Å². The van der Waals surface area contributed by atoms with E-state index in [1.165, 1.54) is 10.6 Å². The van der Waals surface area contributed by atoms with Gasteiger partial charge in [0.2, 0.25) is 5.88 Å². The van der Waals surface area contributed by atoms with Gasteiger partial charge in [-0.25, -0.2) is 0 Å². The molecule has 0 amide bonds. The minimum Gasteiger partial charge on any atom is -0.494 e. The normalized spacial score (nSPS) is 10.6. The first-order valence-corrected chi connectivity index (χ1v) is 6.89. The summed E-state index contributed by atoms with van der Waals surface area (Å²) in [5.41, 5.74) is 1.95. The van der Waals surface area contributed by atoms with Crippen LogP contribution in [-0.4, -0.2) is 20.6 Å². The highest BCUT2D eigenvalue weighted by atomic mass is 16.3. The number of para-hydroxylation sites is 1. The Morgan fingerprint density at radius 2 is 1.59 bits per heavy atom. The van der Waals surface area contributed by atoms with Crippen molar-refractivity contribution in [1.29, 1.82) is 0 Å². The third-order valence-corrected chi connectivity index (χ3v) is 3.56. The van der Waals surface area contributed by atoms with E-state index in [1.807, 2.05) is 6.07 Å². The quantitative estimate of drug-likeness (QED) is 0.727. The van der Waals surface area contributed by atoms with Gasteiger partial charge in [-0.3, -0.25) is 9.36 Å². The molecule has 0 aliphatic carbocycles. The van der Waals surface area contributed by atoms with Gasteiger partial charge in [-0.1, -0.05) is 42.5 Å². The molecule has 0 radical (unpaired) electrons. The van der Waals surface area contributed by atoms with Crippen LogP contribution in [0.2, 0.25) is 0 Å². The van der Waals surface area contributed by atoms with Crippen molar-refractivity contribution in [2.24, 2.45) is 0 Å². The van der Waals surface area contributed by atoms with Gasteiger partial charge in [0.05, 0.1) is 5.69 Å². The van der Waals surface area contributed by atoms with Gasteiger partial charge in [0.25, 0.3) is 0 Å². The number of rotatable bonds is 3. The van der Waals surface area contributed by atoms with Gasteiger partial charge >= 0.3 is 0 Å². The van der Waals surface area contributed by atoms with E-state index in [0.29, 0.717) is 22.4 Å². The van der Waals surface area contributed by atoms with E-state index in [2.05, 4.69) is 0 Å². The molecule has 0 atom stereocenters. The van der Waals surface area contributed by atoms with E-state index in [9.17, 15) is 15.0 Å². The number of aryl methyl sites for hydroxylation is 1. The summed E-state index contributed by atoms with van der Waals surface area (Å²) in [5, 5.41) is 20.2. The molecule has 4 heteroatoms. The fraction of sp³-hybridized carbons (Fsp3) is 0.0556. The van der Waals surface area contributed by atoms with Crippen molar-refractivity contribution in [3.05, 3.63) is 77.4 Å². The van der Waals surface area contributed by atoms with Crippen molar-refractivity contribution in [3.8, 4) is 17.4 Å². The molecule has 0 spiro atoms. The van der Waals surface area contributed by atoms with Crippen LogP contribution in [0.5, 0.6) is 11.8 Å². The Hall–Kier alpha value is -3.01. The predicted molar refractivity (Wildman–Crippen MR) is 83.7 cm³/mol. The molecule has 0 saturated heterocycles. The first kappa shape index (κ1) is 13.9. The lowest BCUT2D eigenvalue weighted by Gasteiger charge is -2.12. The van der Waals surface area contributed by atoms with Crippen LogP contribution < -0.4 is 0 Å². The van der Waals surface area contributed by atoms with Gasteiger partial charge in [-0.05, 0) is 19.1 Å². The van der Waals surface area contributed by atoms with Crippen molar-refractivity contribution in [2.45, 2.75) is 6.92 Å². The molecule has 0 aliphatic heterocycles. The third kappa shape index (κ3) is 2.24. The van der Waals surface area contributed by atoms with Crippen molar-refractivity contribution < 1.29 is 15.0 Å². The minimum atomic E-state index is -0.165. The largest absolute Gasteiger partial charge is 0.494 e. The molecule has 3 rings (SSSR count). The maximum atomic E-state index is 12.7. The molecule has 0 bridgehead atoms. The molecular formula is C18H15NO3. The van der Waals surface area contributed by atoms with Crippen LogP contribution in [0.25, 0.3) is 5.69 Å². The highest BCUT2D eigenvalue weighted by Gasteiger charge is 2.19. The van der Waals surface area contributed by atoms with Crippen LogP contribution >= 0.6 is 0 Å². The van der Waals surface area contributed by atoms with Crippen LogP contribution in [0.15, 0.2) is 60.7 Å². The zero-order chi connectivity index (χ0) is 15.7. The highest BCUT2D eigenvalue weighted by molar-refractivity contribution is 6.11. The zero-order valence-corrected chi connectivity index (χ0v) is 12.0. The smallest absolute Gasteiger partial charge is 0.201 e. The summed E-state index contributed by atoms with van der Waals surface area (Å²) >= 11 is 0. The number of nitrogens with zero attached hydrogens (tertiary/aromatic N) is 1. The first-order chi connectivity index (χ1) is 10.6.